The number of hydrogen-bond acceptors (Lipinski definition) is 24. The smallest absolute Gasteiger partial charge is 0.415 e. The van der Waals surface area contributed by atoms with E-state index in [1.165, 1.54) is 65.5 Å². The number of nitrogens with two attached hydrogens (primary N) is 4. The second-order valence-electron chi connectivity index (χ2n) is 27.0. The number of ether oxygens (including phenoxy) is 6. The number of rotatable bonds is 19. The first-order chi connectivity index (χ1) is 52.2. The fourth-order valence-electron chi connectivity index (χ4n) is 13.8. The van der Waals surface area contributed by atoms with E-state index in [9.17, 15) is 61.1 Å². The topological polar surface area (TPSA) is 411 Å². The van der Waals surface area contributed by atoms with Gasteiger partial charge in [-0.1, -0.05) is 0 Å². The predicted molar refractivity (Wildman–Crippen MR) is 391 cm³/mol. The van der Waals surface area contributed by atoms with E-state index >= 15 is 4.39 Å². The molecule has 0 radical (unpaired) electrons. The van der Waals surface area contributed by atoms with Gasteiger partial charge < -0.3 is 102 Å². The molecule has 9 aliphatic rings. The molecule has 0 bridgehead atoms. The molecule has 0 spiro atoms. The first kappa shape index (κ1) is 81.0. The molecule has 34 nitrogen and oxygen atoms in total. The Morgan fingerprint density at radius 1 is 0.413 bits per heavy atom. The molecule has 9 aliphatic heterocycles. The molecule has 7 atom stereocenters. The molecule has 12 N–H and O–H groups in total. The van der Waals surface area contributed by atoms with Gasteiger partial charge in [0, 0.05) is 131 Å². The highest BCUT2D eigenvalue weighted by molar-refractivity contribution is 5.95. The van der Waals surface area contributed by atoms with Gasteiger partial charge in [0.05, 0.1) is 136 Å². The van der Waals surface area contributed by atoms with E-state index < -0.39 is 66.2 Å². The molecule has 8 fully saturated rings. The van der Waals surface area contributed by atoms with Crippen molar-refractivity contribution in [1.29, 1.82) is 0 Å². The molecule has 10 amide bonds. The van der Waals surface area contributed by atoms with Crippen molar-refractivity contribution >= 4 is 105 Å². The van der Waals surface area contributed by atoms with E-state index in [0.717, 1.165) is 0 Å². The summed E-state index contributed by atoms with van der Waals surface area (Å²) in [5.74, 6) is -2.67. The summed E-state index contributed by atoms with van der Waals surface area (Å²) < 4.78 is 91.3. The Morgan fingerprint density at radius 3 is 1.12 bits per heavy atom. The Kier molecular flexibility index (Phi) is 27.5. The second kappa shape index (κ2) is 37.0. The quantitative estimate of drug-likeness (QED) is 0.0471. The zero-order valence-electron chi connectivity index (χ0n) is 61.1. The van der Waals surface area contributed by atoms with Gasteiger partial charge in [-0.15, -0.1) is 0 Å². The number of piperazine rings is 2. The largest absolute Gasteiger partial charge is 0.442 e. The highest BCUT2D eigenvalue weighted by atomic mass is 19.1. The lowest BCUT2D eigenvalue weighted by Gasteiger charge is -2.36. The average molecular weight is 1530 g/mol. The predicted octanol–water partition coefficient (Wildman–Crippen LogP) is 0.615. The van der Waals surface area contributed by atoms with Crippen molar-refractivity contribution in [3.8, 4) is 0 Å². The van der Waals surface area contributed by atoms with Crippen molar-refractivity contribution in [3.63, 3.8) is 0 Å². The number of hydrogen-bond donors (Lipinski definition) is 8. The van der Waals surface area contributed by atoms with Crippen LogP contribution in [0.1, 0.15) is 33.3 Å². The molecule has 0 unspecified atom stereocenters. The minimum Gasteiger partial charge on any atom is -0.442 e. The fraction of sp³-hybridized carbons (Fsp3) is 0.521. The lowest BCUT2D eigenvalue weighted by molar-refractivity contribution is -0.130. The van der Waals surface area contributed by atoms with Crippen molar-refractivity contribution < 1.29 is 93.9 Å². The van der Waals surface area contributed by atoms with E-state index in [4.69, 9.17) is 51.4 Å². The van der Waals surface area contributed by atoms with Gasteiger partial charge in [0.1, 0.15) is 41.9 Å². The molecule has 109 heavy (non-hydrogen) atoms. The van der Waals surface area contributed by atoms with E-state index in [1.54, 1.807) is 58.3 Å². The number of carbonyl (C=O) groups excluding carboxylic acids is 10. The van der Waals surface area contributed by atoms with Crippen LogP contribution in [0.3, 0.4) is 0 Å². The van der Waals surface area contributed by atoms with Gasteiger partial charge in [0.25, 0.3) is 0 Å². The number of cyclic esters (lactones) is 4. The van der Waals surface area contributed by atoms with Gasteiger partial charge in [0.15, 0.2) is 5.82 Å². The van der Waals surface area contributed by atoms with Crippen LogP contribution in [0.5, 0.6) is 0 Å². The number of amides is 10. The molecule has 4 aromatic rings. The van der Waals surface area contributed by atoms with Crippen LogP contribution in [0.15, 0.2) is 66.7 Å². The summed E-state index contributed by atoms with van der Waals surface area (Å²) in [5, 5.41) is 10.5. The molecule has 592 valence electrons. The SMILES string of the molecule is CC(=O)NC[C@@H]1OC(=O)N2c3ccc(N4CCN(C(=O)CN)CC4)c(F)c3C[C@@H]12.CC(=O)NC[C@H]1CN(c2ccc(N3CCN(C(=O)CN)CC3)c(F)c2)C(=O)O1.CC(=O)NC[C@H]1CN(c2ccc(N3CCO[C@@H](CN)C3)c(F)c2)C(=O)O1.CC(=O)NC[C@H]1CN(c2ccc(N3CCO[C@H](CN)C3)c(F)c2)C(=O)O1. The first-order valence-electron chi connectivity index (χ1n) is 36.0. The number of nitrogens with zero attached hydrogens (tertiary/aromatic N) is 10. The van der Waals surface area contributed by atoms with Crippen molar-refractivity contribution in [1.82, 2.24) is 31.1 Å². The number of carbonyl (C=O) groups is 10. The average Bonchev–Trinajstić information content (AvgIpc) is 1.58. The minimum absolute atomic E-state index is 0.0276. The van der Waals surface area contributed by atoms with Crippen LogP contribution in [0, 0.1) is 23.3 Å². The van der Waals surface area contributed by atoms with E-state index in [-0.39, 0.29) is 118 Å². The van der Waals surface area contributed by atoms with Crippen molar-refractivity contribution in [2.24, 2.45) is 22.9 Å². The zero-order chi connectivity index (χ0) is 78.3. The molecule has 0 saturated carbocycles. The van der Waals surface area contributed by atoms with Gasteiger partial charge >= 0.3 is 24.4 Å². The lowest BCUT2D eigenvalue weighted by Crippen LogP contribution is -2.50. The summed E-state index contributed by atoms with van der Waals surface area (Å²) in [5.41, 5.74) is 26.1. The van der Waals surface area contributed by atoms with Crippen LogP contribution in [0.4, 0.5) is 82.2 Å². The van der Waals surface area contributed by atoms with Gasteiger partial charge in [-0.25, -0.2) is 36.7 Å². The van der Waals surface area contributed by atoms with E-state index in [2.05, 4.69) is 21.3 Å². The monoisotopic (exact) mass is 1530 g/mol. The van der Waals surface area contributed by atoms with Crippen LogP contribution in [-0.4, -0.2) is 276 Å². The van der Waals surface area contributed by atoms with E-state index in [0.29, 0.717) is 162 Å². The minimum atomic E-state index is -0.573. The summed E-state index contributed by atoms with van der Waals surface area (Å²) in [6, 6.07) is 17.0. The highest BCUT2D eigenvalue weighted by Gasteiger charge is 2.49. The molecule has 8 saturated heterocycles. The zero-order valence-corrected chi connectivity index (χ0v) is 61.1. The summed E-state index contributed by atoms with van der Waals surface area (Å²) in [6.07, 6.45) is -4.03. The number of anilines is 8. The van der Waals surface area contributed by atoms with Crippen molar-refractivity contribution in [2.75, 3.05) is 203 Å². The standard InChI is InChI=1S/C19H24FN5O4.C18H24FN5O4.2C17H23FN4O4/c1-11(26)22-10-16-15-8-12-13(25(15)19(28)29-16)2-3-14(18(12)20)23-4-6-24(7-5-23)17(27)9-21;1-12(25)21-10-14-11-24(18(27)28-14)13-2-3-16(15(19)8-13)22-4-6-23(7-5-22)17(26)9-20;2*1-11(23)20-8-14-10-22(17(24)26-14)12-2-3-16(15(18)6-12)21-4-5-25-13(7-19)9-21/h2-3,15-16H,4-10,21H2,1H3,(H,22,26);2-3,8,14H,4-7,9-11,20H2,1H3,(H,21,25);2*2-3,6,13-14H,4-5,7-10,19H2,1H3,(H,20,23)/t15-,16-;14-;13-,14+;13-,14-/m0010/s1. The summed E-state index contributed by atoms with van der Waals surface area (Å²) >= 11 is 0. The second-order valence-corrected chi connectivity index (χ2v) is 27.0. The number of halogens is 4. The molecule has 4 aromatic carbocycles. The van der Waals surface area contributed by atoms with Crippen LogP contribution >= 0.6 is 0 Å². The normalized spacial score (nSPS) is 22.2. The summed E-state index contributed by atoms with van der Waals surface area (Å²) in [7, 11) is 0. The summed E-state index contributed by atoms with van der Waals surface area (Å²) in [6.45, 7) is 15.1. The maximum atomic E-state index is 15.4. The van der Waals surface area contributed by atoms with E-state index in [1.807, 2.05) is 19.6 Å². The molecule has 0 aromatic heterocycles. The third kappa shape index (κ3) is 20.2. The van der Waals surface area contributed by atoms with Gasteiger partial charge in [-0.05, 0) is 66.7 Å². The van der Waals surface area contributed by atoms with Crippen LogP contribution in [-0.2, 0) is 63.6 Å². The Hall–Kier alpha value is -10.5. The number of morpholine rings is 2. The fourth-order valence-corrected chi connectivity index (χ4v) is 13.8. The van der Waals surface area contributed by atoms with Crippen LogP contribution in [0.2, 0.25) is 0 Å². The summed E-state index contributed by atoms with van der Waals surface area (Å²) in [4.78, 5) is 132. The number of fused-ring (bicyclic) bond motifs is 3. The Bertz CT molecular complexity index is 3870. The molecule has 0 aliphatic carbocycles. The first-order valence-corrected chi connectivity index (χ1v) is 36.0. The van der Waals surface area contributed by atoms with Gasteiger partial charge in [0.2, 0.25) is 35.4 Å². The highest BCUT2D eigenvalue weighted by Crippen LogP contribution is 2.43. The van der Waals surface area contributed by atoms with Gasteiger partial charge in [-0.2, -0.15) is 0 Å². The molecule has 9 heterocycles. The van der Waals surface area contributed by atoms with Crippen molar-refractivity contribution in [3.05, 3.63) is 95.6 Å². The Labute approximate surface area is 626 Å². The Morgan fingerprint density at radius 2 is 0.761 bits per heavy atom. The lowest BCUT2D eigenvalue weighted by atomic mass is 10.0. The molecular weight excluding hydrogens is 1440 g/mol. The number of nitrogens with one attached hydrogen (secondary N) is 4. The van der Waals surface area contributed by atoms with Crippen LogP contribution < -0.4 is 83.4 Å². The molecule has 13 rings (SSSR count). The Balaban J connectivity index is 0.000000155. The van der Waals surface area contributed by atoms with Crippen LogP contribution in [0.25, 0.3) is 0 Å². The molecule has 38 heteroatoms. The number of benzene rings is 4. The third-order valence-corrected chi connectivity index (χ3v) is 19.5. The molecular formula is C71H94F4N18O16. The third-order valence-electron chi connectivity index (χ3n) is 19.5. The van der Waals surface area contributed by atoms with Gasteiger partial charge in [-0.3, -0.25) is 48.4 Å². The maximum absolute atomic E-state index is 15.4. The maximum Gasteiger partial charge on any atom is 0.415 e. The van der Waals surface area contributed by atoms with Crippen molar-refractivity contribution in [2.45, 2.75) is 76.8 Å².